The first-order valence-electron chi connectivity index (χ1n) is 14.2. The first-order valence-corrected chi connectivity index (χ1v) is 14.2. The Hall–Kier alpha value is -4.08. The number of fused-ring (bicyclic) bond motifs is 3. The highest BCUT2D eigenvalue weighted by atomic mass is 19.1. The molecule has 1 saturated heterocycles. The van der Waals surface area contributed by atoms with E-state index >= 15 is 0 Å². The third-order valence-electron chi connectivity index (χ3n) is 7.84. The number of nitrogens with zero attached hydrogens (tertiary/aromatic N) is 2. The van der Waals surface area contributed by atoms with Gasteiger partial charge in [-0.25, -0.2) is 9.18 Å². The van der Waals surface area contributed by atoms with Crippen molar-refractivity contribution in [3.05, 3.63) is 89.4 Å². The zero-order valence-electron chi connectivity index (χ0n) is 23.0. The largest absolute Gasteiger partial charge is 0.494 e. The first kappa shape index (κ1) is 27.1. The van der Waals surface area contributed by atoms with Gasteiger partial charge in [-0.2, -0.15) is 0 Å². The Morgan fingerprint density at radius 3 is 2.51 bits per heavy atom. The number of anilines is 1. The van der Waals surface area contributed by atoms with Crippen LogP contribution in [-0.2, 0) is 11.2 Å². The number of aromatic nitrogens is 1. The number of halogens is 1. The SMILES string of the molecule is Nc1ccc2[nH]c3c(c2c1)CCN(C(=O)Oc1ccc(F)cc1)C3c1ccc(OCCCCN2CCOCC2)cc1. The fraction of sp³-hybridized carbons (Fsp3) is 0.344. The predicted molar refractivity (Wildman–Crippen MR) is 156 cm³/mol. The zero-order valence-corrected chi connectivity index (χ0v) is 23.0. The van der Waals surface area contributed by atoms with Crippen LogP contribution < -0.4 is 15.2 Å². The van der Waals surface area contributed by atoms with Gasteiger partial charge in [0.05, 0.1) is 19.8 Å². The number of nitrogens with two attached hydrogens (primary N) is 1. The van der Waals surface area contributed by atoms with Crippen molar-refractivity contribution in [2.24, 2.45) is 0 Å². The number of morpholine rings is 1. The maximum Gasteiger partial charge on any atom is 0.416 e. The second-order valence-electron chi connectivity index (χ2n) is 10.6. The molecule has 9 heteroatoms. The summed E-state index contributed by atoms with van der Waals surface area (Å²) in [5.41, 5.74) is 10.8. The van der Waals surface area contributed by atoms with Gasteiger partial charge in [-0.3, -0.25) is 9.80 Å². The van der Waals surface area contributed by atoms with Gasteiger partial charge in [0.1, 0.15) is 23.4 Å². The average molecular weight is 559 g/mol. The van der Waals surface area contributed by atoms with Gasteiger partial charge in [-0.05, 0) is 91.5 Å². The van der Waals surface area contributed by atoms with Gasteiger partial charge in [0.15, 0.2) is 0 Å². The lowest BCUT2D eigenvalue weighted by molar-refractivity contribution is 0.0368. The van der Waals surface area contributed by atoms with Gasteiger partial charge in [0.25, 0.3) is 0 Å². The van der Waals surface area contributed by atoms with E-state index in [1.54, 1.807) is 4.90 Å². The number of carbonyl (C=O) groups is 1. The van der Waals surface area contributed by atoms with Crippen LogP contribution in [0.3, 0.4) is 0 Å². The number of nitrogen functional groups attached to an aromatic ring is 1. The smallest absolute Gasteiger partial charge is 0.416 e. The van der Waals surface area contributed by atoms with Crippen LogP contribution in [0.25, 0.3) is 10.9 Å². The Labute approximate surface area is 238 Å². The normalized spacial score (nSPS) is 17.4. The van der Waals surface area contributed by atoms with Crippen LogP contribution in [0.1, 0.15) is 35.7 Å². The highest BCUT2D eigenvalue weighted by molar-refractivity contribution is 5.88. The molecule has 1 amide bonds. The molecule has 0 bridgehead atoms. The van der Waals surface area contributed by atoms with E-state index in [9.17, 15) is 9.18 Å². The van der Waals surface area contributed by atoms with Crippen molar-refractivity contribution in [3.8, 4) is 11.5 Å². The minimum Gasteiger partial charge on any atom is -0.494 e. The van der Waals surface area contributed by atoms with Gasteiger partial charge in [-0.1, -0.05) is 12.1 Å². The molecule has 0 radical (unpaired) electrons. The second-order valence-corrected chi connectivity index (χ2v) is 10.6. The molecular weight excluding hydrogens is 523 g/mol. The van der Waals surface area contributed by atoms with Crippen LogP contribution in [0.4, 0.5) is 14.9 Å². The Kier molecular flexibility index (Phi) is 8.07. The molecule has 2 aliphatic heterocycles. The van der Waals surface area contributed by atoms with E-state index in [2.05, 4.69) is 9.88 Å². The molecule has 1 fully saturated rings. The molecule has 8 nitrogen and oxygen atoms in total. The topological polar surface area (TPSA) is 93.1 Å². The number of hydrogen-bond acceptors (Lipinski definition) is 6. The van der Waals surface area contributed by atoms with E-state index in [-0.39, 0.29) is 5.82 Å². The maximum absolute atomic E-state index is 13.4. The molecule has 1 atom stereocenters. The Morgan fingerprint density at radius 2 is 1.73 bits per heavy atom. The van der Waals surface area contributed by atoms with Crippen LogP contribution in [0.15, 0.2) is 66.7 Å². The summed E-state index contributed by atoms with van der Waals surface area (Å²) in [6, 6.07) is 18.8. The molecule has 3 heterocycles. The number of ether oxygens (including phenoxy) is 3. The third-order valence-corrected chi connectivity index (χ3v) is 7.84. The number of benzene rings is 3. The minimum atomic E-state index is -0.494. The zero-order chi connectivity index (χ0) is 28.2. The molecule has 1 aromatic heterocycles. The minimum absolute atomic E-state index is 0.294. The van der Waals surface area contributed by atoms with Gasteiger partial charge < -0.3 is 24.9 Å². The van der Waals surface area contributed by atoms with Crippen LogP contribution in [0, 0.1) is 5.82 Å². The molecule has 6 rings (SSSR count). The van der Waals surface area contributed by atoms with Crippen molar-refractivity contribution in [1.82, 2.24) is 14.8 Å². The van der Waals surface area contributed by atoms with Crippen molar-refractivity contribution in [3.63, 3.8) is 0 Å². The summed E-state index contributed by atoms with van der Waals surface area (Å²) in [6.45, 7) is 5.82. The van der Waals surface area contributed by atoms with Crippen molar-refractivity contribution in [1.29, 1.82) is 0 Å². The Morgan fingerprint density at radius 1 is 0.976 bits per heavy atom. The molecule has 41 heavy (non-hydrogen) atoms. The predicted octanol–water partition coefficient (Wildman–Crippen LogP) is 5.53. The number of amides is 1. The number of rotatable bonds is 8. The van der Waals surface area contributed by atoms with Gasteiger partial charge in [0, 0.05) is 41.9 Å². The molecule has 0 saturated carbocycles. The van der Waals surface area contributed by atoms with E-state index in [1.165, 1.54) is 24.3 Å². The number of H-pyrrole nitrogens is 1. The van der Waals surface area contributed by atoms with Crippen LogP contribution in [0.5, 0.6) is 11.5 Å². The summed E-state index contributed by atoms with van der Waals surface area (Å²) in [7, 11) is 0. The summed E-state index contributed by atoms with van der Waals surface area (Å²) in [6.07, 6.45) is 2.22. The van der Waals surface area contributed by atoms with Gasteiger partial charge in [-0.15, -0.1) is 0 Å². The molecule has 0 spiro atoms. The fourth-order valence-corrected chi connectivity index (χ4v) is 5.71. The first-order chi connectivity index (χ1) is 20.0. The highest BCUT2D eigenvalue weighted by Crippen LogP contribution is 2.39. The van der Waals surface area contributed by atoms with Crippen molar-refractivity contribution in [2.45, 2.75) is 25.3 Å². The molecule has 3 aromatic carbocycles. The van der Waals surface area contributed by atoms with Gasteiger partial charge >= 0.3 is 6.09 Å². The third kappa shape index (κ3) is 6.16. The van der Waals surface area contributed by atoms with Crippen molar-refractivity contribution >= 4 is 22.7 Å². The summed E-state index contributed by atoms with van der Waals surface area (Å²) >= 11 is 0. The molecule has 1 unspecified atom stereocenters. The van der Waals surface area contributed by atoms with Crippen molar-refractivity contribution < 1.29 is 23.4 Å². The lowest BCUT2D eigenvalue weighted by atomic mass is 9.92. The van der Waals surface area contributed by atoms with E-state index in [0.717, 1.165) is 79.2 Å². The van der Waals surface area contributed by atoms with Crippen LogP contribution in [-0.4, -0.2) is 66.9 Å². The summed E-state index contributed by atoms with van der Waals surface area (Å²) < 4.78 is 30.5. The second kappa shape index (κ2) is 12.2. The Balaban J connectivity index is 1.19. The lowest BCUT2D eigenvalue weighted by Gasteiger charge is -2.35. The average Bonchev–Trinajstić information content (AvgIpc) is 3.36. The number of hydrogen-bond donors (Lipinski definition) is 2. The van der Waals surface area contributed by atoms with E-state index in [4.69, 9.17) is 19.9 Å². The standard InChI is InChI=1S/C32H35FN4O4/c33-23-5-10-26(11-6-23)41-32(38)37-15-13-27-28-21-24(34)7-12-29(28)35-30(27)31(37)22-3-8-25(9-4-22)40-18-2-1-14-36-16-19-39-20-17-36/h3-12,21,31,35H,1-2,13-20,34H2. The molecule has 214 valence electrons. The maximum atomic E-state index is 13.4. The molecule has 0 aliphatic carbocycles. The van der Waals surface area contributed by atoms with E-state index in [1.807, 2.05) is 42.5 Å². The molecule has 4 aromatic rings. The van der Waals surface area contributed by atoms with Crippen LogP contribution in [0.2, 0.25) is 0 Å². The summed E-state index contributed by atoms with van der Waals surface area (Å²) in [4.78, 5) is 21.1. The number of aromatic amines is 1. The number of unbranched alkanes of at least 4 members (excludes halogenated alkanes) is 1. The molecule has 3 N–H and O–H groups in total. The summed E-state index contributed by atoms with van der Waals surface area (Å²) in [5, 5.41) is 1.06. The monoisotopic (exact) mass is 558 g/mol. The van der Waals surface area contributed by atoms with Crippen molar-refractivity contribution in [2.75, 3.05) is 51.7 Å². The Bertz CT molecular complexity index is 1480. The fourth-order valence-electron chi connectivity index (χ4n) is 5.71. The lowest BCUT2D eigenvalue weighted by Crippen LogP contribution is -2.42. The molecule has 2 aliphatic rings. The van der Waals surface area contributed by atoms with Crippen LogP contribution >= 0.6 is 0 Å². The quantitative estimate of drug-likeness (QED) is 0.218. The van der Waals surface area contributed by atoms with E-state index in [0.29, 0.717) is 31.0 Å². The summed E-state index contributed by atoms with van der Waals surface area (Å²) in [5.74, 6) is 0.700. The number of nitrogens with one attached hydrogen (secondary N) is 1. The van der Waals surface area contributed by atoms with Gasteiger partial charge in [0.2, 0.25) is 0 Å². The molecular formula is C32H35FN4O4. The highest BCUT2D eigenvalue weighted by Gasteiger charge is 2.35. The number of carbonyl (C=O) groups excluding carboxylic acids is 1. The van der Waals surface area contributed by atoms with E-state index < -0.39 is 12.1 Å².